The van der Waals surface area contributed by atoms with Gasteiger partial charge in [-0.1, -0.05) is 56.3 Å². The SMILES string of the molecule is CC(C)C[C@H](NC(=O)[C@H](Cc1ccccc1)NC(=O)[C@H](CCC(=O)O)NC(=O)[C@@H](C)NC(=O)[C@@H](N)Cc1ccc(O)cc1)C(N)=O. The van der Waals surface area contributed by atoms with Gasteiger partial charge < -0.3 is 42.9 Å². The molecule has 0 fully saturated rings. The van der Waals surface area contributed by atoms with Gasteiger partial charge in [0.25, 0.3) is 0 Å². The Bertz CT molecular complexity index is 1350. The van der Waals surface area contributed by atoms with Gasteiger partial charge in [0.05, 0.1) is 6.04 Å². The first kappa shape index (κ1) is 37.2. The highest BCUT2D eigenvalue weighted by atomic mass is 16.4. The maximum atomic E-state index is 13.5. The summed E-state index contributed by atoms with van der Waals surface area (Å²) in [6.45, 7) is 5.08. The van der Waals surface area contributed by atoms with E-state index in [0.717, 1.165) is 0 Å². The minimum absolute atomic E-state index is 0.0244. The Kier molecular flexibility index (Phi) is 14.6. The summed E-state index contributed by atoms with van der Waals surface area (Å²) in [6, 6.07) is 9.11. The molecule has 0 aliphatic rings. The van der Waals surface area contributed by atoms with E-state index in [1.165, 1.54) is 19.1 Å². The number of hydrogen-bond donors (Lipinski definition) is 8. The lowest BCUT2D eigenvalue weighted by atomic mass is 10.0. The quantitative estimate of drug-likeness (QED) is 0.108. The van der Waals surface area contributed by atoms with Crippen molar-refractivity contribution >= 4 is 35.5 Å². The number of carboxylic acid groups (broad SMARTS) is 1. The smallest absolute Gasteiger partial charge is 0.303 e. The number of primary amides is 1. The second-order valence-electron chi connectivity index (χ2n) is 11.5. The van der Waals surface area contributed by atoms with Crippen LogP contribution in [0.3, 0.4) is 0 Å². The molecule has 2 aromatic carbocycles. The Hall–Kier alpha value is -4.98. The normalized spacial score (nSPS) is 14.2. The summed E-state index contributed by atoms with van der Waals surface area (Å²) < 4.78 is 0. The Morgan fingerprint density at radius 3 is 1.80 bits per heavy atom. The molecule has 14 heteroatoms. The molecule has 46 heavy (non-hydrogen) atoms. The molecule has 5 atom stereocenters. The van der Waals surface area contributed by atoms with Crippen molar-refractivity contribution in [3.05, 3.63) is 65.7 Å². The van der Waals surface area contributed by atoms with E-state index in [9.17, 15) is 39.0 Å². The van der Waals surface area contributed by atoms with Gasteiger partial charge in [-0.15, -0.1) is 0 Å². The van der Waals surface area contributed by atoms with Crippen molar-refractivity contribution in [1.82, 2.24) is 21.3 Å². The number of phenolic OH excluding ortho intramolecular Hbond substituents is 1. The molecule has 0 heterocycles. The summed E-state index contributed by atoms with van der Waals surface area (Å²) in [5.74, 6) is -4.83. The van der Waals surface area contributed by atoms with Gasteiger partial charge in [0.1, 0.15) is 29.9 Å². The standard InChI is InChI=1S/C32H44N6O8/c1-18(2)15-25(28(34)42)37-32(46)26(17-20-7-5-4-6-8-20)38-31(45)24(13-14-27(40)41)36-29(43)19(3)35-30(44)23(33)16-21-9-11-22(39)12-10-21/h4-12,18-19,23-26,39H,13-17,33H2,1-3H3,(H2,34,42)(H,35,44)(H,36,43)(H,37,46)(H,38,45)(H,40,41)/t19-,23+,24+,25+,26+/m1/s1. The van der Waals surface area contributed by atoms with E-state index in [1.807, 2.05) is 13.8 Å². The van der Waals surface area contributed by atoms with E-state index in [0.29, 0.717) is 11.1 Å². The summed E-state index contributed by atoms with van der Waals surface area (Å²) >= 11 is 0. The third-order valence-corrected chi connectivity index (χ3v) is 7.04. The van der Waals surface area contributed by atoms with Gasteiger partial charge in [0.2, 0.25) is 29.5 Å². The molecule has 0 bridgehead atoms. The number of carbonyl (C=O) groups excluding carboxylic acids is 5. The largest absolute Gasteiger partial charge is 0.508 e. The van der Waals surface area contributed by atoms with Crippen LogP contribution in [0.4, 0.5) is 0 Å². The highest BCUT2D eigenvalue weighted by Gasteiger charge is 2.31. The molecule has 0 saturated carbocycles. The first-order valence-corrected chi connectivity index (χ1v) is 15.0. The van der Waals surface area contributed by atoms with Crippen LogP contribution < -0.4 is 32.7 Å². The van der Waals surface area contributed by atoms with E-state index in [1.54, 1.807) is 42.5 Å². The maximum absolute atomic E-state index is 13.5. The molecular formula is C32H44N6O8. The zero-order valence-electron chi connectivity index (χ0n) is 26.2. The number of carboxylic acids is 1. The monoisotopic (exact) mass is 640 g/mol. The maximum Gasteiger partial charge on any atom is 0.303 e. The molecule has 10 N–H and O–H groups in total. The molecule has 250 valence electrons. The molecule has 0 unspecified atom stereocenters. The fraction of sp³-hybridized carbons (Fsp3) is 0.438. The van der Waals surface area contributed by atoms with Crippen LogP contribution in [0, 0.1) is 5.92 Å². The van der Waals surface area contributed by atoms with E-state index < -0.39 is 72.1 Å². The van der Waals surface area contributed by atoms with Crippen molar-refractivity contribution in [2.45, 2.75) is 83.1 Å². The molecule has 0 aromatic heterocycles. The third kappa shape index (κ3) is 12.9. The second-order valence-corrected chi connectivity index (χ2v) is 11.5. The molecule has 2 aromatic rings. The molecule has 0 radical (unpaired) electrons. The molecule has 14 nitrogen and oxygen atoms in total. The fourth-order valence-corrected chi connectivity index (χ4v) is 4.52. The van der Waals surface area contributed by atoms with Crippen LogP contribution in [0.25, 0.3) is 0 Å². The molecule has 5 amide bonds. The number of nitrogens with one attached hydrogen (secondary N) is 4. The fourth-order valence-electron chi connectivity index (χ4n) is 4.52. The zero-order chi connectivity index (χ0) is 34.4. The highest BCUT2D eigenvalue weighted by Crippen LogP contribution is 2.12. The topological polar surface area (TPSA) is 243 Å². The van der Waals surface area contributed by atoms with Crippen molar-refractivity contribution in [1.29, 1.82) is 0 Å². The van der Waals surface area contributed by atoms with E-state index >= 15 is 0 Å². The third-order valence-electron chi connectivity index (χ3n) is 7.04. The number of benzene rings is 2. The predicted octanol–water partition coefficient (Wildman–Crippen LogP) is -0.140. The average molecular weight is 641 g/mol. The van der Waals surface area contributed by atoms with Gasteiger partial charge >= 0.3 is 5.97 Å². The second kappa shape index (κ2) is 18.1. The Morgan fingerprint density at radius 2 is 1.24 bits per heavy atom. The Labute approximate surface area is 267 Å². The van der Waals surface area contributed by atoms with Crippen molar-refractivity contribution in [3.8, 4) is 5.75 Å². The summed E-state index contributed by atoms with van der Waals surface area (Å²) in [5.41, 5.74) is 12.9. The molecule has 0 aliphatic carbocycles. The van der Waals surface area contributed by atoms with Crippen LogP contribution in [0.1, 0.15) is 51.2 Å². The molecule has 0 saturated heterocycles. The number of amides is 5. The lowest BCUT2D eigenvalue weighted by Gasteiger charge is -2.26. The van der Waals surface area contributed by atoms with Crippen LogP contribution in [-0.2, 0) is 41.6 Å². The van der Waals surface area contributed by atoms with Gasteiger partial charge in [-0.3, -0.25) is 28.8 Å². The minimum Gasteiger partial charge on any atom is -0.508 e. The van der Waals surface area contributed by atoms with Gasteiger partial charge in [-0.25, -0.2) is 0 Å². The van der Waals surface area contributed by atoms with E-state index in [4.69, 9.17) is 11.5 Å². The minimum atomic E-state index is -1.39. The number of hydrogen-bond acceptors (Lipinski definition) is 8. The lowest BCUT2D eigenvalue weighted by Crippen LogP contribution is -2.59. The Balaban J connectivity index is 2.17. The predicted molar refractivity (Wildman–Crippen MR) is 169 cm³/mol. The van der Waals surface area contributed by atoms with Crippen LogP contribution in [0.5, 0.6) is 5.75 Å². The average Bonchev–Trinajstić information content (AvgIpc) is 2.99. The van der Waals surface area contributed by atoms with Crippen LogP contribution in [0.2, 0.25) is 0 Å². The number of nitrogens with two attached hydrogens (primary N) is 2. The van der Waals surface area contributed by atoms with Gasteiger partial charge in [0, 0.05) is 12.8 Å². The number of rotatable bonds is 18. The zero-order valence-corrected chi connectivity index (χ0v) is 26.2. The molecule has 2 rings (SSSR count). The van der Waals surface area contributed by atoms with Crippen LogP contribution in [0.15, 0.2) is 54.6 Å². The van der Waals surface area contributed by atoms with Crippen molar-refractivity contribution in [2.75, 3.05) is 0 Å². The van der Waals surface area contributed by atoms with Crippen molar-refractivity contribution < 1.29 is 39.0 Å². The number of aliphatic carboxylic acids is 1. The molecular weight excluding hydrogens is 596 g/mol. The van der Waals surface area contributed by atoms with E-state index in [-0.39, 0.29) is 37.4 Å². The number of phenols is 1. The van der Waals surface area contributed by atoms with Crippen LogP contribution >= 0.6 is 0 Å². The van der Waals surface area contributed by atoms with Gasteiger partial charge in [0.15, 0.2) is 0 Å². The summed E-state index contributed by atoms with van der Waals surface area (Å²) in [5, 5.41) is 28.8. The van der Waals surface area contributed by atoms with E-state index in [2.05, 4.69) is 21.3 Å². The van der Waals surface area contributed by atoms with Gasteiger partial charge in [-0.05, 0) is 55.4 Å². The lowest BCUT2D eigenvalue weighted by molar-refractivity contribution is -0.138. The van der Waals surface area contributed by atoms with Gasteiger partial charge in [-0.2, -0.15) is 0 Å². The first-order valence-electron chi connectivity index (χ1n) is 15.0. The molecule has 0 spiro atoms. The van der Waals surface area contributed by atoms with Crippen LogP contribution in [-0.4, -0.2) is 75.9 Å². The summed E-state index contributed by atoms with van der Waals surface area (Å²) in [6.07, 6.45) is -0.374. The number of aromatic hydroxyl groups is 1. The summed E-state index contributed by atoms with van der Waals surface area (Å²) in [4.78, 5) is 75.9. The number of carbonyl (C=O) groups is 6. The van der Waals surface area contributed by atoms with Crippen molar-refractivity contribution in [2.24, 2.45) is 17.4 Å². The molecule has 0 aliphatic heterocycles. The Morgan fingerprint density at radius 1 is 0.696 bits per heavy atom. The summed E-state index contributed by atoms with van der Waals surface area (Å²) in [7, 11) is 0. The first-order chi connectivity index (χ1) is 21.7. The highest BCUT2D eigenvalue weighted by molar-refractivity contribution is 5.96. The van der Waals surface area contributed by atoms with Crippen molar-refractivity contribution in [3.63, 3.8) is 0 Å².